The van der Waals surface area contributed by atoms with Gasteiger partial charge in [-0.15, -0.1) is 0 Å². The molecule has 0 aliphatic rings. The molecule has 1 N–H and O–H groups in total. The number of hydrogen-bond acceptors (Lipinski definition) is 4. The Hall–Kier alpha value is -2.40. The van der Waals surface area contributed by atoms with Crippen molar-refractivity contribution in [1.82, 2.24) is 14.8 Å². The number of aliphatic hydroxyl groups is 1. The summed E-state index contributed by atoms with van der Waals surface area (Å²) in [5, 5.41) is 14.8. The molecule has 0 saturated heterocycles. The number of benzene rings is 1. The molecule has 0 radical (unpaired) electrons. The van der Waals surface area contributed by atoms with E-state index in [1.54, 1.807) is 4.68 Å². The average molecular weight is 282 g/mol. The van der Waals surface area contributed by atoms with Gasteiger partial charge in [-0.05, 0) is 12.1 Å². The number of aromatic nitrogens is 3. The van der Waals surface area contributed by atoms with Crippen LogP contribution in [0.3, 0.4) is 0 Å². The maximum Gasteiger partial charge on any atom is 0.134 e. The SMILES string of the molecule is CN(Cc1cnn(C)c1)c1nc2ccccc2cc1CO. The normalized spacial score (nSPS) is 11.0. The van der Waals surface area contributed by atoms with Gasteiger partial charge >= 0.3 is 0 Å². The zero-order valence-corrected chi connectivity index (χ0v) is 12.2. The van der Waals surface area contributed by atoms with Crippen LogP contribution in [-0.2, 0) is 20.2 Å². The molecular formula is C16H18N4O. The lowest BCUT2D eigenvalue weighted by Gasteiger charge is -2.20. The second kappa shape index (κ2) is 5.54. The van der Waals surface area contributed by atoms with Gasteiger partial charge in [-0.2, -0.15) is 5.10 Å². The number of hydrogen-bond donors (Lipinski definition) is 1. The molecule has 0 saturated carbocycles. The predicted octanol–water partition coefficient (Wildman–Crippen LogP) is 2.10. The molecule has 0 aliphatic heterocycles. The van der Waals surface area contributed by atoms with Crippen LogP contribution in [0.4, 0.5) is 5.82 Å². The van der Waals surface area contributed by atoms with E-state index in [2.05, 4.69) is 10.1 Å². The van der Waals surface area contributed by atoms with Crippen LogP contribution in [0.25, 0.3) is 10.9 Å². The summed E-state index contributed by atoms with van der Waals surface area (Å²) >= 11 is 0. The van der Waals surface area contributed by atoms with E-state index in [0.717, 1.165) is 27.8 Å². The Balaban J connectivity index is 1.97. The third kappa shape index (κ3) is 2.73. The molecule has 5 nitrogen and oxygen atoms in total. The highest BCUT2D eigenvalue weighted by atomic mass is 16.3. The number of fused-ring (bicyclic) bond motifs is 1. The van der Waals surface area contributed by atoms with E-state index in [1.807, 2.05) is 61.7 Å². The van der Waals surface area contributed by atoms with Gasteiger partial charge in [0.2, 0.25) is 0 Å². The van der Waals surface area contributed by atoms with Gasteiger partial charge in [0, 0.05) is 43.4 Å². The first-order valence-corrected chi connectivity index (χ1v) is 6.85. The first kappa shape index (κ1) is 13.6. The van der Waals surface area contributed by atoms with Crippen molar-refractivity contribution in [1.29, 1.82) is 0 Å². The second-order valence-electron chi connectivity index (χ2n) is 5.20. The predicted molar refractivity (Wildman–Crippen MR) is 83.0 cm³/mol. The van der Waals surface area contributed by atoms with E-state index in [4.69, 9.17) is 0 Å². The van der Waals surface area contributed by atoms with Crippen LogP contribution in [0.5, 0.6) is 0 Å². The minimum atomic E-state index is -0.0233. The molecule has 2 aromatic heterocycles. The molecule has 0 aliphatic carbocycles. The highest BCUT2D eigenvalue weighted by Gasteiger charge is 2.11. The lowest BCUT2D eigenvalue weighted by molar-refractivity contribution is 0.282. The second-order valence-corrected chi connectivity index (χ2v) is 5.20. The number of nitrogens with zero attached hydrogens (tertiary/aromatic N) is 4. The van der Waals surface area contributed by atoms with Gasteiger partial charge < -0.3 is 10.0 Å². The minimum absolute atomic E-state index is 0.0233. The van der Waals surface area contributed by atoms with Gasteiger partial charge in [0.15, 0.2) is 0 Å². The molecule has 0 unspecified atom stereocenters. The van der Waals surface area contributed by atoms with Crippen LogP contribution in [0.15, 0.2) is 42.7 Å². The van der Waals surface area contributed by atoms with E-state index in [1.165, 1.54) is 0 Å². The van der Waals surface area contributed by atoms with Crippen LogP contribution >= 0.6 is 0 Å². The van der Waals surface area contributed by atoms with Crippen molar-refractivity contribution in [3.05, 3.63) is 53.9 Å². The molecule has 0 atom stereocenters. The average Bonchev–Trinajstić information content (AvgIpc) is 2.90. The van der Waals surface area contributed by atoms with E-state index in [-0.39, 0.29) is 6.61 Å². The molecule has 108 valence electrons. The van der Waals surface area contributed by atoms with Gasteiger partial charge in [-0.1, -0.05) is 18.2 Å². The fraction of sp³-hybridized carbons (Fsp3) is 0.250. The molecule has 3 rings (SSSR count). The van der Waals surface area contributed by atoms with E-state index in [9.17, 15) is 5.11 Å². The van der Waals surface area contributed by atoms with Gasteiger partial charge in [0.25, 0.3) is 0 Å². The molecule has 2 heterocycles. The highest BCUT2D eigenvalue weighted by Crippen LogP contribution is 2.24. The summed E-state index contributed by atoms with van der Waals surface area (Å²) in [6.45, 7) is 0.677. The molecule has 0 fully saturated rings. The smallest absolute Gasteiger partial charge is 0.134 e. The Morgan fingerprint density at radius 1 is 1.29 bits per heavy atom. The zero-order chi connectivity index (χ0) is 14.8. The third-order valence-electron chi connectivity index (χ3n) is 3.49. The van der Waals surface area contributed by atoms with Crippen molar-refractivity contribution in [2.75, 3.05) is 11.9 Å². The summed E-state index contributed by atoms with van der Waals surface area (Å²) in [7, 11) is 3.88. The molecule has 5 heteroatoms. The Bertz CT molecular complexity index is 766. The van der Waals surface area contributed by atoms with Crippen LogP contribution in [0.2, 0.25) is 0 Å². The van der Waals surface area contributed by atoms with Crippen molar-refractivity contribution in [2.45, 2.75) is 13.2 Å². The number of aryl methyl sites for hydroxylation is 1. The van der Waals surface area contributed by atoms with Crippen molar-refractivity contribution in [3.8, 4) is 0 Å². The zero-order valence-electron chi connectivity index (χ0n) is 12.2. The Labute approximate surface area is 123 Å². The van der Waals surface area contributed by atoms with E-state index >= 15 is 0 Å². The third-order valence-corrected chi connectivity index (χ3v) is 3.49. The Morgan fingerprint density at radius 3 is 2.81 bits per heavy atom. The maximum atomic E-state index is 9.61. The molecule has 0 bridgehead atoms. The summed E-state index contributed by atoms with van der Waals surface area (Å²) in [5.41, 5.74) is 2.88. The topological polar surface area (TPSA) is 54.2 Å². The summed E-state index contributed by atoms with van der Waals surface area (Å²) in [4.78, 5) is 6.72. The number of aliphatic hydroxyl groups excluding tert-OH is 1. The summed E-state index contributed by atoms with van der Waals surface area (Å²) in [6.07, 6.45) is 3.83. The Morgan fingerprint density at radius 2 is 2.10 bits per heavy atom. The standard InChI is InChI=1S/C16H18N4O/c1-19(9-12-8-17-20(2)10-12)16-14(11-21)7-13-5-3-4-6-15(13)18-16/h3-8,10,21H,9,11H2,1-2H3. The number of pyridine rings is 1. The highest BCUT2D eigenvalue weighted by molar-refractivity contribution is 5.81. The van der Waals surface area contributed by atoms with E-state index < -0.39 is 0 Å². The van der Waals surface area contributed by atoms with Crippen molar-refractivity contribution in [3.63, 3.8) is 0 Å². The van der Waals surface area contributed by atoms with Crippen molar-refractivity contribution in [2.24, 2.45) is 7.05 Å². The minimum Gasteiger partial charge on any atom is -0.392 e. The van der Waals surface area contributed by atoms with E-state index in [0.29, 0.717) is 6.54 Å². The molecule has 21 heavy (non-hydrogen) atoms. The van der Waals surface area contributed by atoms with Crippen molar-refractivity contribution >= 4 is 16.7 Å². The van der Waals surface area contributed by atoms with Gasteiger partial charge in [0.05, 0.1) is 18.3 Å². The van der Waals surface area contributed by atoms with Crippen LogP contribution in [0.1, 0.15) is 11.1 Å². The van der Waals surface area contributed by atoms with Crippen LogP contribution in [0, 0.1) is 0 Å². The van der Waals surface area contributed by atoms with Gasteiger partial charge in [0.1, 0.15) is 5.82 Å². The Kier molecular flexibility index (Phi) is 3.58. The van der Waals surface area contributed by atoms with Crippen LogP contribution < -0.4 is 4.90 Å². The lowest BCUT2D eigenvalue weighted by atomic mass is 10.1. The summed E-state index contributed by atoms with van der Waals surface area (Å²) < 4.78 is 1.78. The number of para-hydroxylation sites is 1. The molecule has 1 aromatic carbocycles. The van der Waals surface area contributed by atoms with Crippen molar-refractivity contribution < 1.29 is 5.11 Å². The first-order valence-electron chi connectivity index (χ1n) is 6.85. The maximum absolute atomic E-state index is 9.61. The number of anilines is 1. The molecule has 3 aromatic rings. The van der Waals surface area contributed by atoms with Crippen LogP contribution in [-0.4, -0.2) is 26.9 Å². The summed E-state index contributed by atoms with van der Waals surface area (Å²) in [6, 6.07) is 9.94. The molecule has 0 spiro atoms. The fourth-order valence-electron chi connectivity index (χ4n) is 2.50. The largest absolute Gasteiger partial charge is 0.392 e. The van der Waals surface area contributed by atoms with Gasteiger partial charge in [-0.25, -0.2) is 4.98 Å². The lowest BCUT2D eigenvalue weighted by Crippen LogP contribution is -2.19. The fourth-order valence-corrected chi connectivity index (χ4v) is 2.50. The monoisotopic (exact) mass is 282 g/mol. The van der Waals surface area contributed by atoms with Gasteiger partial charge in [-0.3, -0.25) is 4.68 Å². The summed E-state index contributed by atoms with van der Waals surface area (Å²) in [5.74, 6) is 0.806. The molecular weight excluding hydrogens is 264 g/mol. The number of rotatable bonds is 4. The first-order chi connectivity index (χ1) is 10.2. The molecule has 0 amide bonds. The quantitative estimate of drug-likeness (QED) is 0.796.